The Morgan fingerprint density at radius 3 is 2.00 bits per heavy atom. The van der Waals surface area contributed by atoms with E-state index in [2.05, 4.69) is 0 Å². The van der Waals surface area contributed by atoms with E-state index in [1.165, 1.54) is 12.1 Å². The molecule has 2 aromatic carbocycles. The van der Waals surface area contributed by atoms with Crippen LogP contribution in [0.25, 0.3) is 0 Å². The lowest BCUT2D eigenvalue weighted by molar-refractivity contribution is -0.137. The van der Waals surface area contributed by atoms with Gasteiger partial charge in [0.25, 0.3) is 0 Å². The maximum absolute atomic E-state index is 12.6. The topological polar surface area (TPSA) is 29.5 Å². The summed E-state index contributed by atoms with van der Waals surface area (Å²) in [6.45, 7) is -0.0372. The minimum Gasteiger partial charge on any atom is -0.394 e. The average molecular weight is 296 g/mol. The van der Waals surface area contributed by atoms with Gasteiger partial charge in [-0.3, -0.25) is 0 Å². The zero-order valence-electron chi connectivity index (χ0n) is 11.2. The van der Waals surface area contributed by atoms with Crippen LogP contribution in [0, 0.1) is 0 Å². The quantitative estimate of drug-likeness (QED) is 0.909. The molecule has 0 fully saturated rings. The van der Waals surface area contributed by atoms with Gasteiger partial charge < -0.3 is 9.84 Å². The van der Waals surface area contributed by atoms with Crippen LogP contribution in [0.4, 0.5) is 13.2 Å². The van der Waals surface area contributed by atoms with Crippen molar-refractivity contribution >= 4 is 0 Å². The molecule has 0 bridgehead atoms. The van der Waals surface area contributed by atoms with Gasteiger partial charge in [-0.05, 0) is 23.3 Å². The molecule has 0 radical (unpaired) electrons. The van der Waals surface area contributed by atoms with Gasteiger partial charge >= 0.3 is 6.18 Å². The molecule has 5 heteroatoms. The van der Waals surface area contributed by atoms with Crippen molar-refractivity contribution in [2.75, 3.05) is 13.2 Å². The molecule has 0 heterocycles. The summed E-state index contributed by atoms with van der Waals surface area (Å²) in [6, 6.07) is 14.0. The second-order valence-corrected chi connectivity index (χ2v) is 4.50. The van der Waals surface area contributed by atoms with Crippen molar-refractivity contribution in [1.82, 2.24) is 0 Å². The fourth-order valence-corrected chi connectivity index (χ4v) is 2.03. The molecule has 2 nitrogen and oxygen atoms in total. The normalized spacial score (nSPS) is 13.1. The van der Waals surface area contributed by atoms with E-state index in [9.17, 15) is 13.2 Å². The molecule has 1 unspecified atom stereocenters. The Kier molecular flexibility index (Phi) is 4.98. The molecule has 0 saturated carbocycles. The van der Waals surface area contributed by atoms with E-state index >= 15 is 0 Å². The van der Waals surface area contributed by atoms with E-state index in [0.29, 0.717) is 5.56 Å². The average Bonchev–Trinajstić information content (AvgIpc) is 2.48. The van der Waals surface area contributed by atoms with E-state index < -0.39 is 17.8 Å². The summed E-state index contributed by atoms with van der Waals surface area (Å²) in [7, 11) is 0. The smallest absolute Gasteiger partial charge is 0.394 e. The van der Waals surface area contributed by atoms with E-state index in [-0.39, 0.29) is 13.2 Å². The van der Waals surface area contributed by atoms with Crippen molar-refractivity contribution in [3.63, 3.8) is 0 Å². The number of ether oxygens (including phenoxy) is 1. The second-order valence-electron chi connectivity index (χ2n) is 4.50. The Labute approximate surface area is 120 Å². The zero-order chi connectivity index (χ0) is 15.3. The lowest BCUT2D eigenvalue weighted by Crippen LogP contribution is -2.10. The SMILES string of the molecule is OCCOC(c1ccccc1)c1ccc(C(F)(F)F)cc1. The van der Waals surface area contributed by atoms with E-state index in [1.807, 2.05) is 30.3 Å². The highest BCUT2D eigenvalue weighted by molar-refractivity contribution is 5.33. The predicted octanol–water partition coefficient (Wildman–Crippen LogP) is 3.80. The van der Waals surface area contributed by atoms with Gasteiger partial charge in [-0.15, -0.1) is 0 Å². The molecule has 0 aliphatic rings. The third-order valence-electron chi connectivity index (χ3n) is 3.02. The number of hydrogen-bond donors (Lipinski definition) is 1. The summed E-state index contributed by atoms with van der Waals surface area (Å²) >= 11 is 0. The molecule has 0 saturated heterocycles. The Morgan fingerprint density at radius 1 is 0.905 bits per heavy atom. The van der Waals surface area contributed by atoms with Crippen LogP contribution in [0.3, 0.4) is 0 Å². The number of alkyl halides is 3. The lowest BCUT2D eigenvalue weighted by Gasteiger charge is -2.19. The van der Waals surface area contributed by atoms with Gasteiger partial charge in [0.15, 0.2) is 0 Å². The van der Waals surface area contributed by atoms with Gasteiger partial charge in [-0.25, -0.2) is 0 Å². The predicted molar refractivity (Wildman–Crippen MR) is 72.8 cm³/mol. The highest BCUT2D eigenvalue weighted by atomic mass is 19.4. The van der Waals surface area contributed by atoms with Gasteiger partial charge in [0.1, 0.15) is 6.10 Å². The summed E-state index contributed by atoms with van der Waals surface area (Å²) in [5, 5.41) is 8.89. The number of rotatable bonds is 5. The zero-order valence-corrected chi connectivity index (χ0v) is 11.2. The van der Waals surface area contributed by atoms with Crippen molar-refractivity contribution in [2.45, 2.75) is 12.3 Å². The molecule has 0 spiro atoms. The van der Waals surface area contributed by atoms with E-state index in [4.69, 9.17) is 9.84 Å². The van der Waals surface area contributed by atoms with Crippen LogP contribution < -0.4 is 0 Å². The highest BCUT2D eigenvalue weighted by Crippen LogP contribution is 2.32. The minimum atomic E-state index is -4.35. The van der Waals surface area contributed by atoms with Crippen molar-refractivity contribution in [3.05, 3.63) is 71.3 Å². The molecule has 112 valence electrons. The van der Waals surface area contributed by atoms with Crippen LogP contribution in [0.2, 0.25) is 0 Å². The minimum absolute atomic E-state index is 0.112. The summed E-state index contributed by atoms with van der Waals surface area (Å²) in [5.41, 5.74) is 0.744. The number of benzene rings is 2. The second kappa shape index (κ2) is 6.74. The number of aliphatic hydroxyl groups excluding tert-OH is 1. The van der Waals surface area contributed by atoms with Crippen molar-refractivity contribution < 1.29 is 23.0 Å². The third kappa shape index (κ3) is 4.06. The molecule has 0 aromatic heterocycles. The van der Waals surface area contributed by atoms with Crippen molar-refractivity contribution in [2.24, 2.45) is 0 Å². The first kappa shape index (κ1) is 15.5. The number of aliphatic hydroxyl groups is 1. The maximum Gasteiger partial charge on any atom is 0.416 e. The van der Waals surface area contributed by atoms with Crippen LogP contribution in [0.1, 0.15) is 22.8 Å². The van der Waals surface area contributed by atoms with Crippen molar-refractivity contribution in [1.29, 1.82) is 0 Å². The molecule has 0 aliphatic heterocycles. The first-order valence-corrected chi connectivity index (χ1v) is 6.47. The molecule has 2 aromatic rings. The van der Waals surface area contributed by atoms with Crippen LogP contribution in [0.15, 0.2) is 54.6 Å². The number of hydrogen-bond acceptors (Lipinski definition) is 2. The molecule has 1 atom stereocenters. The van der Waals surface area contributed by atoms with Crippen LogP contribution >= 0.6 is 0 Å². The van der Waals surface area contributed by atoms with Crippen molar-refractivity contribution in [3.8, 4) is 0 Å². The first-order valence-electron chi connectivity index (χ1n) is 6.47. The van der Waals surface area contributed by atoms with Gasteiger partial charge in [0.2, 0.25) is 0 Å². The van der Waals surface area contributed by atoms with E-state index in [1.54, 1.807) is 0 Å². The summed E-state index contributed by atoms with van der Waals surface area (Å²) in [4.78, 5) is 0. The van der Waals surface area contributed by atoms with Gasteiger partial charge in [-0.1, -0.05) is 42.5 Å². The lowest BCUT2D eigenvalue weighted by atomic mass is 10.00. The Morgan fingerprint density at radius 2 is 1.48 bits per heavy atom. The maximum atomic E-state index is 12.6. The molecular weight excluding hydrogens is 281 g/mol. The van der Waals surface area contributed by atoms with Crippen LogP contribution in [-0.2, 0) is 10.9 Å². The monoisotopic (exact) mass is 296 g/mol. The fourth-order valence-electron chi connectivity index (χ4n) is 2.03. The third-order valence-corrected chi connectivity index (χ3v) is 3.02. The first-order chi connectivity index (χ1) is 10.0. The molecule has 0 amide bonds. The summed E-state index contributed by atoms with van der Waals surface area (Å²) in [6.07, 6.45) is -4.85. The Balaban J connectivity index is 2.29. The highest BCUT2D eigenvalue weighted by Gasteiger charge is 2.30. The van der Waals surface area contributed by atoms with Gasteiger partial charge in [0, 0.05) is 0 Å². The summed E-state index contributed by atoms with van der Waals surface area (Å²) in [5.74, 6) is 0. The summed E-state index contributed by atoms with van der Waals surface area (Å²) < 4.78 is 43.3. The molecule has 1 N–H and O–H groups in total. The number of halogens is 3. The largest absolute Gasteiger partial charge is 0.416 e. The fraction of sp³-hybridized carbons (Fsp3) is 0.250. The van der Waals surface area contributed by atoms with Crippen LogP contribution in [0.5, 0.6) is 0 Å². The Hall–Kier alpha value is -1.85. The standard InChI is InChI=1S/C16H15F3O2/c17-16(18,19)14-8-6-13(7-9-14)15(21-11-10-20)12-4-2-1-3-5-12/h1-9,15,20H,10-11H2. The van der Waals surface area contributed by atoms with E-state index in [0.717, 1.165) is 17.7 Å². The molecular formula is C16H15F3O2. The van der Waals surface area contributed by atoms with Gasteiger partial charge in [-0.2, -0.15) is 13.2 Å². The van der Waals surface area contributed by atoms with Gasteiger partial charge in [0.05, 0.1) is 18.8 Å². The Bertz CT molecular complexity index is 550. The molecule has 2 rings (SSSR count). The van der Waals surface area contributed by atoms with Crippen LogP contribution in [-0.4, -0.2) is 18.3 Å². The molecule has 21 heavy (non-hydrogen) atoms. The molecule has 0 aliphatic carbocycles.